The second-order valence-electron chi connectivity index (χ2n) is 3.78. The quantitative estimate of drug-likeness (QED) is 0.614. The highest BCUT2D eigenvalue weighted by molar-refractivity contribution is 8.00. The summed E-state index contributed by atoms with van der Waals surface area (Å²) in [5.74, 6) is 0.248. The number of hydrogen-bond donors (Lipinski definition) is 0. The van der Waals surface area contributed by atoms with Crippen molar-refractivity contribution in [2.45, 2.75) is 30.5 Å². The molecule has 0 bridgehead atoms. The predicted molar refractivity (Wildman–Crippen MR) is 70.2 cm³/mol. The molecule has 0 aliphatic rings. The smallest absolute Gasteiger partial charge is 0.145 e. The molecule has 17 heavy (non-hydrogen) atoms. The Balaban J connectivity index is 2.33. The zero-order valence-electron chi connectivity index (χ0n) is 9.88. The molecule has 0 spiro atoms. The van der Waals surface area contributed by atoms with E-state index < -0.39 is 0 Å². The van der Waals surface area contributed by atoms with E-state index in [0.29, 0.717) is 6.42 Å². The van der Waals surface area contributed by atoms with Crippen molar-refractivity contribution in [1.29, 1.82) is 0 Å². The molecule has 88 valence electrons. The summed E-state index contributed by atoms with van der Waals surface area (Å²) in [6.07, 6.45) is 2.12. The van der Waals surface area contributed by atoms with Gasteiger partial charge in [-0.1, -0.05) is 36.9 Å². The summed E-state index contributed by atoms with van der Waals surface area (Å²) < 4.78 is 0. The minimum absolute atomic E-state index is 0.0571. The van der Waals surface area contributed by atoms with Crippen molar-refractivity contribution in [3.8, 4) is 0 Å². The van der Waals surface area contributed by atoms with Gasteiger partial charge in [-0.2, -0.15) is 0 Å². The largest absolute Gasteiger partial charge is 0.298 e. The van der Waals surface area contributed by atoms with Gasteiger partial charge in [-0.05, 0) is 13.0 Å². The lowest BCUT2D eigenvalue weighted by molar-refractivity contribution is -0.117. The molecule has 0 radical (unpaired) electrons. The first-order valence-corrected chi connectivity index (χ1v) is 6.49. The summed E-state index contributed by atoms with van der Waals surface area (Å²) in [5.41, 5.74) is 0.918. The van der Waals surface area contributed by atoms with Crippen LogP contribution in [0, 0.1) is 0 Å². The van der Waals surface area contributed by atoms with E-state index >= 15 is 0 Å². The van der Waals surface area contributed by atoms with Crippen LogP contribution in [0.1, 0.15) is 20.3 Å². The monoisotopic (exact) mass is 246 g/mol. The van der Waals surface area contributed by atoms with Crippen LogP contribution < -0.4 is 0 Å². The average molecular weight is 246 g/mol. The lowest BCUT2D eigenvalue weighted by atomic mass is 10.2. The number of thioether (sulfide) groups is 1. The Labute approximate surface area is 105 Å². The van der Waals surface area contributed by atoms with Crippen LogP contribution in [0.15, 0.2) is 35.6 Å². The highest BCUT2D eigenvalue weighted by Gasteiger charge is 2.14. The van der Waals surface area contributed by atoms with Gasteiger partial charge in [-0.25, -0.2) is 9.97 Å². The third-order valence-electron chi connectivity index (χ3n) is 2.60. The first-order chi connectivity index (χ1) is 8.22. The topological polar surface area (TPSA) is 42.9 Å². The van der Waals surface area contributed by atoms with Gasteiger partial charge in [0.25, 0.3) is 0 Å². The van der Waals surface area contributed by atoms with Gasteiger partial charge in [0.1, 0.15) is 17.1 Å². The lowest BCUT2D eigenvalue weighted by Crippen LogP contribution is -2.11. The fourth-order valence-electron chi connectivity index (χ4n) is 1.59. The molecule has 2 rings (SSSR count). The Hall–Kier alpha value is -1.42. The SMILES string of the molecule is CCC(=O)C(C)Sc1ncnc2ccccc12. The molecule has 0 N–H and O–H groups in total. The van der Waals surface area contributed by atoms with E-state index in [9.17, 15) is 4.79 Å². The van der Waals surface area contributed by atoms with E-state index in [1.54, 1.807) is 6.33 Å². The van der Waals surface area contributed by atoms with Gasteiger partial charge in [0.2, 0.25) is 0 Å². The number of aromatic nitrogens is 2. The van der Waals surface area contributed by atoms with Crippen LogP contribution in [0.2, 0.25) is 0 Å². The predicted octanol–water partition coefficient (Wildman–Crippen LogP) is 3.09. The maximum atomic E-state index is 11.6. The highest BCUT2D eigenvalue weighted by atomic mass is 32.2. The zero-order valence-corrected chi connectivity index (χ0v) is 10.7. The van der Waals surface area contributed by atoms with Gasteiger partial charge >= 0.3 is 0 Å². The van der Waals surface area contributed by atoms with E-state index in [-0.39, 0.29) is 11.0 Å². The summed E-state index contributed by atoms with van der Waals surface area (Å²) in [6.45, 7) is 3.81. The van der Waals surface area contributed by atoms with Crippen molar-refractivity contribution < 1.29 is 4.79 Å². The van der Waals surface area contributed by atoms with Crippen LogP contribution in [0.3, 0.4) is 0 Å². The molecule has 0 aliphatic heterocycles. The van der Waals surface area contributed by atoms with E-state index in [1.807, 2.05) is 38.1 Å². The summed E-state index contributed by atoms with van der Waals surface area (Å²) in [6, 6.07) is 7.85. The summed E-state index contributed by atoms with van der Waals surface area (Å²) in [5, 5.41) is 1.83. The average Bonchev–Trinajstić information content (AvgIpc) is 2.38. The van der Waals surface area contributed by atoms with E-state index in [1.165, 1.54) is 11.8 Å². The number of hydrogen-bond acceptors (Lipinski definition) is 4. The first kappa shape index (κ1) is 12.0. The van der Waals surface area contributed by atoms with Crippen molar-refractivity contribution in [2.75, 3.05) is 0 Å². The van der Waals surface area contributed by atoms with Crippen molar-refractivity contribution in [1.82, 2.24) is 9.97 Å². The van der Waals surface area contributed by atoms with Gasteiger partial charge in [-0.15, -0.1) is 0 Å². The van der Waals surface area contributed by atoms with Crippen LogP contribution in [0.5, 0.6) is 0 Å². The van der Waals surface area contributed by atoms with Gasteiger partial charge in [-0.3, -0.25) is 4.79 Å². The Bertz CT molecular complexity index is 536. The standard InChI is InChI=1S/C13H14N2OS/c1-3-12(16)9(2)17-13-10-6-4-5-7-11(10)14-8-15-13/h4-9H,3H2,1-2H3. The summed E-state index contributed by atoms with van der Waals surface area (Å²) >= 11 is 1.51. The molecule has 1 heterocycles. The summed E-state index contributed by atoms with van der Waals surface area (Å²) in [4.78, 5) is 20.1. The molecule has 0 saturated carbocycles. The van der Waals surface area contributed by atoms with Crippen LogP contribution in [0.4, 0.5) is 0 Å². The first-order valence-electron chi connectivity index (χ1n) is 5.61. The molecule has 3 nitrogen and oxygen atoms in total. The second kappa shape index (κ2) is 5.27. The summed E-state index contributed by atoms with van der Waals surface area (Å²) in [7, 11) is 0. The van der Waals surface area contributed by atoms with Crippen molar-refractivity contribution >= 4 is 28.4 Å². The fraction of sp³-hybridized carbons (Fsp3) is 0.308. The number of Topliss-reactive ketones (excluding diaryl/α,β-unsaturated/α-hetero) is 1. The lowest BCUT2D eigenvalue weighted by Gasteiger charge is -2.09. The molecule has 1 unspecified atom stereocenters. The number of carbonyl (C=O) groups is 1. The van der Waals surface area contributed by atoms with Crippen LogP contribution >= 0.6 is 11.8 Å². The van der Waals surface area contributed by atoms with Crippen molar-refractivity contribution in [2.24, 2.45) is 0 Å². The number of rotatable bonds is 4. The van der Waals surface area contributed by atoms with Gasteiger partial charge in [0.15, 0.2) is 0 Å². The highest BCUT2D eigenvalue weighted by Crippen LogP contribution is 2.28. The molecule has 0 aliphatic carbocycles. The van der Waals surface area contributed by atoms with Gasteiger partial charge in [0, 0.05) is 11.8 Å². The molecule has 4 heteroatoms. The maximum absolute atomic E-state index is 11.6. The molecule has 1 aromatic heterocycles. The molecule has 0 saturated heterocycles. The van der Waals surface area contributed by atoms with Crippen molar-refractivity contribution in [3.63, 3.8) is 0 Å². The number of para-hydroxylation sites is 1. The third kappa shape index (κ3) is 2.64. The van der Waals surface area contributed by atoms with Crippen LogP contribution in [-0.2, 0) is 4.79 Å². The Morgan fingerprint density at radius 3 is 2.88 bits per heavy atom. The molecule has 0 fully saturated rings. The number of benzene rings is 1. The zero-order chi connectivity index (χ0) is 12.3. The second-order valence-corrected chi connectivity index (χ2v) is 5.11. The van der Waals surface area contributed by atoms with Gasteiger partial charge < -0.3 is 0 Å². The minimum atomic E-state index is -0.0571. The number of nitrogens with zero attached hydrogens (tertiary/aromatic N) is 2. The van der Waals surface area contributed by atoms with E-state index in [4.69, 9.17) is 0 Å². The van der Waals surface area contributed by atoms with E-state index in [0.717, 1.165) is 15.9 Å². The molecule has 0 amide bonds. The minimum Gasteiger partial charge on any atom is -0.298 e. The Morgan fingerprint density at radius 2 is 2.12 bits per heavy atom. The molecular weight excluding hydrogens is 232 g/mol. The normalized spacial score (nSPS) is 12.6. The molecule has 2 aromatic rings. The fourth-order valence-corrected chi connectivity index (χ4v) is 2.64. The molecular formula is C13H14N2OS. The number of fused-ring (bicyclic) bond motifs is 1. The molecule has 1 atom stereocenters. The number of carbonyl (C=O) groups excluding carboxylic acids is 1. The number of ketones is 1. The van der Waals surface area contributed by atoms with E-state index in [2.05, 4.69) is 9.97 Å². The van der Waals surface area contributed by atoms with Gasteiger partial charge in [0.05, 0.1) is 10.8 Å². The Morgan fingerprint density at radius 1 is 1.35 bits per heavy atom. The Kier molecular flexibility index (Phi) is 3.74. The third-order valence-corrected chi connectivity index (χ3v) is 3.76. The van der Waals surface area contributed by atoms with Crippen molar-refractivity contribution in [3.05, 3.63) is 30.6 Å². The maximum Gasteiger partial charge on any atom is 0.145 e. The van der Waals surface area contributed by atoms with Crippen LogP contribution in [-0.4, -0.2) is 21.0 Å². The molecule has 1 aromatic carbocycles. The van der Waals surface area contributed by atoms with Crippen LogP contribution in [0.25, 0.3) is 10.9 Å².